The average Bonchev–Trinajstić information content (AvgIpc) is 2.27. The summed E-state index contributed by atoms with van der Waals surface area (Å²) in [6, 6.07) is 11.4. The molecule has 17 heavy (non-hydrogen) atoms. The minimum absolute atomic E-state index is 0.0569. The normalized spacial score (nSPS) is 12.8. The van der Waals surface area contributed by atoms with Crippen molar-refractivity contribution in [1.29, 1.82) is 5.26 Å². The van der Waals surface area contributed by atoms with Gasteiger partial charge in [-0.2, -0.15) is 5.26 Å². The van der Waals surface area contributed by atoms with Gasteiger partial charge in [-0.15, -0.1) is 0 Å². The standard InChI is InChI=1S/C15H19NO/c1-15(2,3)10-12(11-16)9-14(17)13-7-5-4-6-8-13/h4-8,12H,9-10H2,1-3H3. The topological polar surface area (TPSA) is 40.9 Å². The fourth-order valence-electron chi connectivity index (χ4n) is 1.87. The first-order valence-electron chi connectivity index (χ1n) is 5.90. The van der Waals surface area contributed by atoms with Crippen LogP contribution in [0, 0.1) is 22.7 Å². The molecule has 1 aromatic rings. The van der Waals surface area contributed by atoms with Gasteiger partial charge in [0.15, 0.2) is 5.78 Å². The third kappa shape index (κ3) is 4.82. The third-order valence-corrected chi connectivity index (χ3v) is 2.57. The van der Waals surface area contributed by atoms with Crippen LogP contribution >= 0.6 is 0 Å². The molecule has 0 aromatic heterocycles. The SMILES string of the molecule is CC(C)(C)CC(C#N)CC(=O)c1ccccc1. The summed E-state index contributed by atoms with van der Waals surface area (Å²) >= 11 is 0. The molecule has 0 saturated heterocycles. The zero-order valence-corrected chi connectivity index (χ0v) is 10.7. The van der Waals surface area contributed by atoms with E-state index < -0.39 is 0 Å². The summed E-state index contributed by atoms with van der Waals surface area (Å²) in [5, 5.41) is 9.08. The van der Waals surface area contributed by atoms with Gasteiger partial charge in [-0.25, -0.2) is 0 Å². The van der Waals surface area contributed by atoms with E-state index in [4.69, 9.17) is 5.26 Å². The Bertz CT molecular complexity index is 409. The molecule has 1 rings (SSSR count). The number of benzene rings is 1. The van der Waals surface area contributed by atoms with E-state index in [1.807, 2.05) is 18.2 Å². The number of carbonyl (C=O) groups excluding carboxylic acids is 1. The minimum Gasteiger partial charge on any atom is -0.294 e. The molecule has 0 heterocycles. The van der Waals surface area contributed by atoms with E-state index in [-0.39, 0.29) is 17.1 Å². The van der Waals surface area contributed by atoms with Crippen LogP contribution in [0.2, 0.25) is 0 Å². The van der Waals surface area contributed by atoms with Gasteiger partial charge in [0.05, 0.1) is 12.0 Å². The maximum atomic E-state index is 11.9. The van der Waals surface area contributed by atoms with Gasteiger partial charge in [0, 0.05) is 12.0 Å². The third-order valence-electron chi connectivity index (χ3n) is 2.57. The lowest BCUT2D eigenvalue weighted by Crippen LogP contribution is -2.15. The molecule has 0 bridgehead atoms. The quantitative estimate of drug-likeness (QED) is 0.736. The summed E-state index contributed by atoms with van der Waals surface area (Å²) in [6.45, 7) is 6.26. The Kier molecular flexibility index (Phi) is 4.45. The van der Waals surface area contributed by atoms with Crippen LogP contribution in [0.5, 0.6) is 0 Å². The number of Topliss-reactive ketones (excluding diaryl/α,β-unsaturated/α-hetero) is 1. The summed E-state index contributed by atoms with van der Waals surface area (Å²) in [5.41, 5.74) is 0.777. The van der Waals surface area contributed by atoms with Crippen molar-refractivity contribution in [1.82, 2.24) is 0 Å². The molecular weight excluding hydrogens is 210 g/mol. The zero-order chi connectivity index (χ0) is 12.9. The molecule has 2 nitrogen and oxygen atoms in total. The zero-order valence-electron chi connectivity index (χ0n) is 10.7. The Hall–Kier alpha value is -1.62. The van der Waals surface area contributed by atoms with E-state index in [1.54, 1.807) is 12.1 Å². The van der Waals surface area contributed by atoms with E-state index in [1.165, 1.54) is 0 Å². The van der Waals surface area contributed by atoms with E-state index in [0.29, 0.717) is 12.0 Å². The van der Waals surface area contributed by atoms with Crippen molar-refractivity contribution in [3.63, 3.8) is 0 Å². The van der Waals surface area contributed by atoms with Crippen LogP contribution in [0.1, 0.15) is 44.0 Å². The van der Waals surface area contributed by atoms with Crippen LogP contribution in [0.3, 0.4) is 0 Å². The van der Waals surface area contributed by atoms with Crippen molar-refractivity contribution < 1.29 is 4.79 Å². The van der Waals surface area contributed by atoms with Crippen LogP contribution in [0.25, 0.3) is 0 Å². The van der Waals surface area contributed by atoms with Gasteiger partial charge >= 0.3 is 0 Å². The molecule has 2 heteroatoms. The summed E-state index contributed by atoms with van der Waals surface area (Å²) in [4.78, 5) is 11.9. The van der Waals surface area contributed by atoms with E-state index in [0.717, 1.165) is 6.42 Å². The number of carbonyl (C=O) groups is 1. The fraction of sp³-hybridized carbons (Fsp3) is 0.467. The Balaban J connectivity index is 2.65. The van der Waals surface area contributed by atoms with Crippen LogP contribution in [-0.2, 0) is 0 Å². The van der Waals surface area contributed by atoms with Crippen LogP contribution in [-0.4, -0.2) is 5.78 Å². The molecular formula is C15H19NO. The molecule has 0 spiro atoms. The second kappa shape index (κ2) is 5.63. The maximum absolute atomic E-state index is 11.9. The Morgan fingerprint density at radius 2 is 1.88 bits per heavy atom. The largest absolute Gasteiger partial charge is 0.294 e. The maximum Gasteiger partial charge on any atom is 0.164 e. The van der Waals surface area contributed by atoms with Crippen LogP contribution in [0.4, 0.5) is 0 Å². The summed E-state index contributed by atoms with van der Waals surface area (Å²) in [7, 11) is 0. The van der Waals surface area contributed by atoms with Crippen molar-refractivity contribution in [3.05, 3.63) is 35.9 Å². The molecule has 1 aromatic carbocycles. The smallest absolute Gasteiger partial charge is 0.164 e. The summed E-state index contributed by atoms with van der Waals surface area (Å²) < 4.78 is 0. The number of nitriles is 1. The first-order valence-corrected chi connectivity index (χ1v) is 5.90. The number of hydrogen-bond donors (Lipinski definition) is 0. The summed E-state index contributed by atoms with van der Waals surface area (Å²) in [6.07, 6.45) is 1.07. The monoisotopic (exact) mass is 229 g/mol. The molecule has 1 atom stereocenters. The van der Waals surface area contributed by atoms with Crippen molar-refractivity contribution in [2.24, 2.45) is 11.3 Å². The predicted octanol–water partition coefficient (Wildman–Crippen LogP) is 3.84. The van der Waals surface area contributed by atoms with Gasteiger partial charge in [-0.1, -0.05) is 51.1 Å². The molecule has 1 unspecified atom stereocenters. The number of hydrogen-bond acceptors (Lipinski definition) is 2. The van der Waals surface area contributed by atoms with E-state index >= 15 is 0 Å². The van der Waals surface area contributed by atoms with Crippen molar-refractivity contribution in [2.45, 2.75) is 33.6 Å². The van der Waals surface area contributed by atoms with Crippen molar-refractivity contribution in [3.8, 4) is 6.07 Å². The highest BCUT2D eigenvalue weighted by molar-refractivity contribution is 5.96. The second-order valence-electron chi connectivity index (χ2n) is 5.58. The Labute approximate surface area is 103 Å². The molecule has 90 valence electrons. The van der Waals surface area contributed by atoms with Gasteiger partial charge < -0.3 is 0 Å². The Morgan fingerprint density at radius 3 is 2.35 bits per heavy atom. The lowest BCUT2D eigenvalue weighted by Gasteiger charge is -2.21. The first kappa shape index (κ1) is 13.4. The van der Waals surface area contributed by atoms with Gasteiger partial charge in [0.1, 0.15) is 0 Å². The lowest BCUT2D eigenvalue weighted by molar-refractivity contribution is 0.0962. The molecule has 0 fully saturated rings. The Morgan fingerprint density at radius 1 is 1.29 bits per heavy atom. The van der Waals surface area contributed by atoms with Gasteiger partial charge in [0.25, 0.3) is 0 Å². The molecule has 0 aliphatic rings. The second-order valence-corrected chi connectivity index (χ2v) is 5.58. The minimum atomic E-state index is -0.192. The predicted molar refractivity (Wildman–Crippen MR) is 68.6 cm³/mol. The molecule has 0 aliphatic heterocycles. The van der Waals surface area contributed by atoms with Gasteiger partial charge in [-0.05, 0) is 11.8 Å². The number of nitrogens with zero attached hydrogens (tertiary/aromatic N) is 1. The van der Waals surface area contributed by atoms with Gasteiger partial charge in [0.2, 0.25) is 0 Å². The first-order chi connectivity index (χ1) is 7.92. The molecule has 0 N–H and O–H groups in total. The van der Waals surface area contributed by atoms with Gasteiger partial charge in [-0.3, -0.25) is 4.79 Å². The average molecular weight is 229 g/mol. The molecule has 0 aliphatic carbocycles. The molecule has 0 saturated carbocycles. The highest BCUT2D eigenvalue weighted by Gasteiger charge is 2.21. The van der Waals surface area contributed by atoms with Crippen LogP contribution < -0.4 is 0 Å². The van der Waals surface area contributed by atoms with E-state index in [9.17, 15) is 4.79 Å². The summed E-state index contributed by atoms with van der Waals surface area (Å²) in [5.74, 6) is -0.135. The highest BCUT2D eigenvalue weighted by Crippen LogP contribution is 2.26. The molecule has 0 amide bonds. The van der Waals surface area contributed by atoms with E-state index in [2.05, 4.69) is 26.8 Å². The van der Waals surface area contributed by atoms with Crippen molar-refractivity contribution >= 4 is 5.78 Å². The number of rotatable bonds is 4. The highest BCUT2D eigenvalue weighted by atomic mass is 16.1. The van der Waals surface area contributed by atoms with Crippen LogP contribution in [0.15, 0.2) is 30.3 Å². The number of ketones is 1. The lowest BCUT2D eigenvalue weighted by atomic mass is 9.82. The van der Waals surface area contributed by atoms with Crippen molar-refractivity contribution in [2.75, 3.05) is 0 Å². The molecule has 0 radical (unpaired) electrons. The fourth-order valence-corrected chi connectivity index (χ4v) is 1.87.